The van der Waals surface area contributed by atoms with E-state index < -0.39 is 5.41 Å². The maximum absolute atomic E-state index is 13.4. The van der Waals surface area contributed by atoms with Crippen molar-refractivity contribution in [3.63, 3.8) is 0 Å². The summed E-state index contributed by atoms with van der Waals surface area (Å²) in [5, 5.41) is 0. The third-order valence-electron chi connectivity index (χ3n) is 4.97. The van der Waals surface area contributed by atoms with Gasteiger partial charge in [0.25, 0.3) is 0 Å². The summed E-state index contributed by atoms with van der Waals surface area (Å²) >= 11 is 0. The molecule has 25 heavy (non-hydrogen) atoms. The molecular weight excluding hydrogens is 314 g/mol. The number of aryl methyl sites for hydroxylation is 1. The molecule has 0 atom stereocenters. The lowest BCUT2D eigenvalue weighted by Gasteiger charge is -2.27. The first-order valence-corrected chi connectivity index (χ1v) is 8.67. The van der Waals surface area contributed by atoms with E-state index in [-0.39, 0.29) is 5.91 Å². The van der Waals surface area contributed by atoms with Crippen LogP contribution in [-0.4, -0.2) is 26.7 Å². The van der Waals surface area contributed by atoms with Crippen LogP contribution in [-0.2, 0) is 10.2 Å². The van der Waals surface area contributed by atoms with Crippen molar-refractivity contribution < 1.29 is 14.3 Å². The Morgan fingerprint density at radius 1 is 1.08 bits per heavy atom. The molecule has 0 spiro atoms. The molecule has 0 bridgehead atoms. The summed E-state index contributed by atoms with van der Waals surface area (Å²) in [6.07, 6.45) is 1.73. The van der Waals surface area contributed by atoms with Gasteiger partial charge >= 0.3 is 0 Å². The minimum atomic E-state index is -0.445. The van der Waals surface area contributed by atoms with Crippen LogP contribution < -0.4 is 14.4 Å². The number of rotatable bonds is 6. The Bertz CT molecular complexity index is 780. The molecule has 1 amide bonds. The lowest BCUT2D eigenvalue weighted by atomic mass is 9.93. The van der Waals surface area contributed by atoms with Crippen LogP contribution in [0.2, 0.25) is 0 Å². The molecule has 4 nitrogen and oxygen atoms in total. The van der Waals surface area contributed by atoms with Gasteiger partial charge in [-0.05, 0) is 62.1 Å². The Kier molecular flexibility index (Phi) is 4.71. The maximum atomic E-state index is 13.4. The highest BCUT2D eigenvalue weighted by atomic mass is 16.5. The van der Waals surface area contributed by atoms with Crippen molar-refractivity contribution in [1.29, 1.82) is 0 Å². The van der Waals surface area contributed by atoms with Crippen LogP contribution in [0.4, 0.5) is 5.69 Å². The van der Waals surface area contributed by atoms with Gasteiger partial charge in [0.15, 0.2) is 11.5 Å². The zero-order valence-corrected chi connectivity index (χ0v) is 15.3. The highest BCUT2D eigenvalue weighted by Crippen LogP contribution is 2.51. The molecule has 3 rings (SSSR count). The van der Waals surface area contributed by atoms with Crippen LogP contribution >= 0.6 is 0 Å². The van der Waals surface area contributed by atoms with Crippen molar-refractivity contribution >= 4 is 11.6 Å². The van der Waals surface area contributed by atoms with Gasteiger partial charge in [-0.25, -0.2) is 0 Å². The van der Waals surface area contributed by atoms with Crippen molar-refractivity contribution in [2.45, 2.75) is 32.1 Å². The van der Waals surface area contributed by atoms with E-state index >= 15 is 0 Å². The van der Waals surface area contributed by atoms with E-state index in [1.54, 1.807) is 14.2 Å². The fraction of sp³-hybridized carbons (Fsp3) is 0.381. The molecule has 2 aromatic rings. The van der Waals surface area contributed by atoms with E-state index in [2.05, 4.69) is 6.07 Å². The first-order chi connectivity index (χ1) is 12.1. The lowest BCUT2D eigenvalue weighted by Crippen LogP contribution is -2.39. The van der Waals surface area contributed by atoms with Gasteiger partial charge in [0, 0.05) is 12.2 Å². The van der Waals surface area contributed by atoms with Gasteiger partial charge in [0.2, 0.25) is 5.91 Å². The number of carbonyl (C=O) groups excluding carboxylic acids is 1. The predicted molar refractivity (Wildman–Crippen MR) is 99.7 cm³/mol. The van der Waals surface area contributed by atoms with Crippen molar-refractivity contribution in [3.05, 3.63) is 53.6 Å². The number of nitrogens with zero attached hydrogens (tertiary/aromatic N) is 1. The third kappa shape index (κ3) is 3.09. The molecule has 1 fully saturated rings. The van der Waals surface area contributed by atoms with Crippen molar-refractivity contribution in [2.24, 2.45) is 0 Å². The Hall–Kier alpha value is -2.49. The highest BCUT2D eigenvalue weighted by Gasteiger charge is 2.53. The maximum Gasteiger partial charge on any atom is 0.237 e. The molecule has 0 saturated heterocycles. The SMILES string of the molecule is CCN(C(=O)C1(c2ccc(OC)c(OC)c2)CC1)c1cccc(C)c1. The molecule has 4 heteroatoms. The first-order valence-electron chi connectivity index (χ1n) is 8.67. The van der Waals surface area contributed by atoms with E-state index in [4.69, 9.17) is 9.47 Å². The average molecular weight is 339 g/mol. The molecule has 1 aliphatic carbocycles. The normalized spacial score (nSPS) is 14.7. The Morgan fingerprint density at radius 2 is 1.80 bits per heavy atom. The summed E-state index contributed by atoms with van der Waals surface area (Å²) in [4.78, 5) is 15.3. The largest absolute Gasteiger partial charge is 0.493 e. The number of methoxy groups -OCH3 is 2. The molecule has 2 aromatic carbocycles. The summed E-state index contributed by atoms with van der Waals surface area (Å²) in [5.74, 6) is 1.51. The number of ether oxygens (including phenoxy) is 2. The zero-order chi connectivity index (χ0) is 18.0. The number of likely N-dealkylation sites (N-methyl/N-ethyl adjacent to an activating group) is 1. The van der Waals surface area contributed by atoms with Crippen molar-refractivity contribution in [1.82, 2.24) is 0 Å². The number of hydrogen-bond acceptors (Lipinski definition) is 3. The predicted octanol–water partition coefficient (Wildman–Crippen LogP) is 4.10. The van der Waals surface area contributed by atoms with E-state index in [0.717, 1.165) is 29.7 Å². The molecular formula is C21H25NO3. The number of carbonyl (C=O) groups is 1. The Morgan fingerprint density at radius 3 is 2.36 bits per heavy atom. The van der Waals surface area contributed by atoms with Gasteiger partial charge in [-0.3, -0.25) is 4.79 Å². The molecule has 0 unspecified atom stereocenters. The van der Waals surface area contributed by atoms with Gasteiger partial charge in [-0.2, -0.15) is 0 Å². The topological polar surface area (TPSA) is 38.8 Å². The Labute approximate surface area is 149 Å². The van der Waals surface area contributed by atoms with Crippen molar-refractivity contribution in [2.75, 3.05) is 25.7 Å². The zero-order valence-electron chi connectivity index (χ0n) is 15.3. The monoisotopic (exact) mass is 339 g/mol. The van der Waals surface area contributed by atoms with E-state index in [1.165, 1.54) is 0 Å². The van der Waals surface area contributed by atoms with Gasteiger partial charge in [0.1, 0.15) is 0 Å². The number of anilines is 1. The molecule has 132 valence electrons. The summed E-state index contributed by atoms with van der Waals surface area (Å²) in [5.41, 5.74) is 2.67. The first kappa shape index (κ1) is 17.3. The van der Waals surface area contributed by atoms with E-state index in [1.807, 2.05) is 55.1 Å². The standard InChI is InChI=1S/C21H25NO3/c1-5-22(17-8-6-7-15(2)13-17)20(23)21(11-12-21)16-9-10-18(24-3)19(14-16)25-4/h6-10,13-14H,5,11-12H2,1-4H3. The number of hydrogen-bond donors (Lipinski definition) is 0. The molecule has 1 aliphatic rings. The number of benzene rings is 2. The lowest BCUT2D eigenvalue weighted by molar-refractivity contribution is -0.121. The second-order valence-corrected chi connectivity index (χ2v) is 6.54. The molecule has 0 radical (unpaired) electrons. The highest BCUT2D eigenvalue weighted by molar-refractivity contribution is 6.03. The van der Waals surface area contributed by atoms with Crippen LogP contribution in [0.15, 0.2) is 42.5 Å². The van der Waals surface area contributed by atoms with E-state index in [0.29, 0.717) is 18.0 Å². The number of amides is 1. The summed E-state index contributed by atoms with van der Waals surface area (Å²) in [7, 11) is 3.24. The molecule has 0 aliphatic heterocycles. The van der Waals surface area contributed by atoms with Gasteiger partial charge in [0.05, 0.1) is 19.6 Å². The summed E-state index contributed by atoms with van der Waals surface area (Å²) in [6.45, 7) is 4.71. The Balaban J connectivity index is 1.95. The van der Waals surface area contributed by atoms with Gasteiger partial charge in [-0.1, -0.05) is 18.2 Å². The van der Waals surface area contributed by atoms with Crippen LogP contribution in [0.3, 0.4) is 0 Å². The third-order valence-corrected chi connectivity index (χ3v) is 4.97. The van der Waals surface area contributed by atoms with Gasteiger partial charge < -0.3 is 14.4 Å². The fourth-order valence-corrected chi connectivity index (χ4v) is 3.38. The molecule has 0 heterocycles. The summed E-state index contributed by atoms with van der Waals surface area (Å²) in [6, 6.07) is 13.9. The smallest absolute Gasteiger partial charge is 0.237 e. The summed E-state index contributed by atoms with van der Waals surface area (Å²) < 4.78 is 10.7. The van der Waals surface area contributed by atoms with E-state index in [9.17, 15) is 4.79 Å². The van der Waals surface area contributed by atoms with Crippen LogP contribution in [0.25, 0.3) is 0 Å². The average Bonchev–Trinajstić information content (AvgIpc) is 3.43. The van der Waals surface area contributed by atoms with Crippen LogP contribution in [0.5, 0.6) is 11.5 Å². The quantitative estimate of drug-likeness (QED) is 0.795. The molecule has 1 saturated carbocycles. The fourth-order valence-electron chi connectivity index (χ4n) is 3.38. The minimum Gasteiger partial charge on any atom is -0.493 e. The minimum absolute atomic E-state index is 0.160. The van der Waals surface area contributed by atoms with Crippen molar-refractivity contribution in [3.8, 4) is 11.5 Å². The second-order valence-electron chi connectivity index (χ2n) is 6.54. The van der Waals surface area contributed by atoms with Gasteiger partial charge in [-0.15, -0.1) is 0 Å². The van der Waals surface area contributed by atoms with Crippen LogP contribution in [0.1, 0.15) is 30.9 Å². The molecule has 0 aromatic heterocycles. The second kappa shape index (κ2) is 6.79. The molecule has 0 N–H and O–H groups in total. The van der Waals surface area contributed by atoms with Crippen LogP contribution in [0, 0.1) is 6.92 Å².